The van der Waals surface area contributed by atoms with Crippen LogP contribution in [-0.4, -0.2) is 41.6 Å². The molecule has 1 saturated heterocycles. The molecule has 1 aliphatic heterocycles. The van der Waals surface area contributed by atoms with Crippen molar-refractivity contribution in [2.24, 2.45) is 0 Å². The van der Waals surface area contributed by atoms with Crippen LogP contribution < -0.4 is 5.32 Å². The molecular weight excluding hydrogens is 246 g/mol. The summed E-state index contributed by atoms with van der Waals surface area (Å²) in [5.74, 6) is -0.147. The Labute approximate surface area is 111 Å². The van der Waals surface area contributed by atoms with Gasteiger partial charge in [0.1, 0.15) is 6.04 Å². The number of methoxy groups -OCH3 is 1. The SMILES string of the molecule is COC(=O)N1CCCC1C(=O)NCc1cccnc1. The first-order valence-corrected chi connectivity index (χ1v) is 6.23. The molecular formula is C13H17N3O3. The molecule has 2 rings (SSSR count). The van der Waals surface area contributed by atoms with Crippen molar-refractivity contribution in [3.05, 3.63) is 30.1 Å². The fourth-order valence-corrected chi connectivity index (χ4v) is 2.18. The number of carbonyl (C=O) groups excluding carboxylic acids is 2. The summed E-state index contributed by atoms with van der Waals surface area (Å²) in [5.41, 5.74) is 0.929. The molecule has 0 aromatic carbocycles. The van der Waals surface area contributed by atoms with Gasteiger partial charge in [0.05, 0.1) is 7.11 Å². The summed E-state index contributed by atoms with van der Waals surface area (Å²) in [6.07, 6.45) is 4.43. The van der Waals surface area contributed by atoms with Crippen molar-refractivity contribution < 1.29 is 14.3 Å². The van der Waals surface area contributed by atoms with E-state index in [1.54, 1.807) is 12.4 Å². The van der Waals surface area contributed by atoms with Crippen LogP contribution in [-0.2, 0) is 16.1 Å². The number of amides is 2. The first kappa shape index (κ1) is 13.3. The van der Waals surface area contributed by atoms with Crippen molar-refractivity contribution in [3.63, 3.8) is 0 Å². The average molecular weight is 263 g/mol. The van der Waals surface area contributed by atoms with E-state index in [-0.39, 0.29) is 5.91 Å². The molecule has 1 unspecified atom stereocenters. The van der Waals surface area contributed by atoms with Crippen LogP contribution in [0.25, 0.3) is 0 Å². The van der Waals surface area contributed by atoms with Gasteiger partial charge in [-0.3, -0.25) is 14.7 Å². The molecule has 1 N–H and O–H groups in total. The van der Waals surface area contributed by atoms with E-state index in [0.29, 0.717) is 19.5 Å². The molecule has 6 nitrogen and oxygen atoms in total. The fraction of sp³-hybridized carbons (Fsp3) is 0.462. The van der Waals surface area contributed by atoms with Crippen LogP contribution in [0.2, 0.25) is 0 Å². The summed E-state index contributed by atoms with van der Waals surface area (Å²) in [6.45, 7) is 0.982. The van der Waals surface area contributed by atoms with Gasteiger partial charge < -0.3 is 10.1 Å². The van der Waals surface area contributed by atoms with Crippen molar-refractivity contribution in [1.82, 2.24) is 15.2 Å². The van der Waals surface area contributed by atoms with Crippen molar-refractivity contribution in [2.75, 3.05) is 13.7 Å². The number of rotatable bonds is 3. The molecule has 0 saturated carbocycles. The quantitative estimate of drug-likeness (QED) is 0.880. The number of carbonyl (C=O) groups is 2. The molecule has 1 fully saturated rings. The molecule has 1 aromatic heterocycles. The maximum absolute atomic E-state index is 12.1. The Morgan fingerprint density at radius 1 is 1.58 bits per heavy atom. The lowest BCUT2D eigenvalue weighted by Gasteiger charge is -2.22. The van der Waals surface area contributed by atoms with Crippen LogP contribution in [0.3, 0.4) is 0 Å². The Hall–Kier alpha value is -2.11. The van der Waals surface area contributed by atoms with Gasteiger partial charge in [-0.1, -0.05) is 6.07 Å². The van der Waals surface area contributed by atoms with Gasteiger partial charge in [0.2, 0.25) is 5.91 Å². The smallest absolute Gasteiger partial charge is 0.410 e. The molecule has 2 heterocycles. The highest BCUT2D eigenvalue weighted by Crippen LogP contribution is 2.18. The molecule has 102 valence electrons. The summed E-state index contributed by atoms with van der Waals surface area (Å²) >= 11 is 0. The normalized spacial score (nSPS) is 18.2. The number of hydrogen-bond donors (Lipinski definition) is 1. The molecule has 0 bridgehead atoms. The van der Waals surface area contributed by atoms with Crippen LogP contribution in [0.4, 0.5) is 4.79 Å². The second-order valence-corrected chi connectivity index (χ2v) is 4.40. The van der Waals surface area contributed by atoms with Crippen LogP contribution in [0.15, 0.2) is 24.5 Å². The van der Waals surface area contributed by atoms with Gasteiger partial charge in [-0.15, -0.1) is 0 Å². The Morgan fingerprint density at radius 3 is 3.11 bits per heavy atom. The largest absolute Gasteiger partial charge is 0.453 e. The zero-order chi connectivity index (χ0) is 13.7. The third kappa shape index (κ3) is 3.21. The number of nitrogens with zero attached hydrogens (tertiary/aromatic N) is 2. The molecule has 2 amide bonds. The molecule has 1 aliphatic rings. The number of ether oxygens (including phenoxy) is 1. The predicted molar refractivity (Wildman–Crippen MR) is 68.2 cm³/mol. The predicted octanol–water partition coefficient (Wildman–Crippen LogP) is 0.929. The average Bonchev–Trinajstić information content (AvgIpc) is 2.94. The van der Waals surface area contributed by atoms with Crippen molar-refractivity contribution >= 4 is 12.0 Å². The van der Waals surface area contributed by atoms with Crippen LogP contribution in [0, 0.1) is 0 Å². The number of aromatic nitrogens is 1. The summed E-state index contributed by atoms with van der Waals surface area (Å²) in [7, 11) is 1.32. The summed E-state index contributed by atoms with van der Waals surface area (Å²) in [6, 6.07) is 3.28. The van der Waals surface area contributed by atoms with E-state index < -0.39 is 12.1 Å². The van der Waals surface area contributed by atoms with Gasteiger partial charge in [-0.2, -0.15) is 0 Å². The number of pyridine rings is 1. The van der Waals surface area contributed by atoms with Crippen molar-refractivity contribution in [1.29, 1.82) is 0 Å². The molecule has 0 radical (unpaired) electrons. The highest BCUT2D eigenvalue weighted by atomic mass is 16.5. The molecule has 19 heavy (non-hydrogen) atoms. The minimum atomic E-state index is -0.445. The second kappa shape index (κ2) is 6.17. The topological polar surface area (TPSA) is 71.5 Å². The van der Waals surface area contributed by atoms with Gasteiger partial charge in [0, 0.05) is 25.5 Å². The zero-order valence-corrected chi connectivity index (χ0v) is 10.8. The van der Waals surface area contributed by atoms with E-state index in [0.717, 1.165) is 12.0 Å². The third-order valence-electron chi connectivity index (χ3n) is 3.15. The van der Waals surface area contributed by atoms with Crippen LogP contribution >= 0.6 is 0 Å². The Balaban J connectivity index is 1.90. The van der Waals surface area contributed by atoms with Gasteiger partial charge in [0.25, 0.3) is 0 Å². The molecule has 0 spiro atoms. The van der Waals surface area contributed by atoms with Crippen LogP contribution in [0.1, 0.15) is 18.4 Å². The van der Waals surface area contributed by atoms with Crippen LogP contribution in [0.5, 0.6) is 0 Å². The number of hydrogen-bond acceptors (Lipinski definition) is 4. The first-order chi connectivity index (χ1) is 9.22. The van der Waals surface area contributed by atoms with E-state index in [1.807, 2.05) is 12.1 Å². The van der Waals surface area contributed by atoms with E-state index in [2.05, 4.69) is 15.0 Å². The lowest BCUT2D eigenvalue weighted by molar-refractivity contribution is -0.125. The maximum atomic E-state index is 12.1. The second-order valence-electron chi connectivity index (χ2n) is 4.40. The minimum Gasteiger partial charge on any atom is -0.453 e. The van der Waals surface area contributed by atoms with Gasteiger partial charge in [-0.25, -0.2) is 4.79 Å². The maximum Gasteiger partial charge on any atom is 0.410 e. The fourth-order valence-electron chi connectivity index (χ4n) is 2.18. The Bertz CT molecular complexity index is 450. The first-order valence-electron chi connectivity index (χ1n) is 6.23. The summed E-state index contributed by atoms with van der Waals surface area (Å²) < 4.78 is 4.67. The number of likely N-dealkylation sites (tertiary alicyclic amines) is 1. The summed E-state index contributed by atoms with van der Waals surface area (Å²) in [4.78, 5) is 29.0. The lowest BCUT2D eigenvalue weighted by Crippen LogP contribution is -2.45. The van der Waals surface area contributed by atoms with E-state index in [9.17, 15) is 9.59 Å². The van der Waals surface area contributed by atoms with Gasteiger partial charge in [-0.05, 0) is 24.5 Å². The lowest BCUT2D eigenvalue weighted by atomic mass is 10.2. The van der Waals surface area contributed by atoms with Crippen molar-refractivity contribution in [3.8, 4) is 0 Å². The Morgan fingerprint density at radius 2 is 2.42 bits per heavy atom. The third-order valence-corrected chi connectivity index (χ3v) is 3.15. The monoisotopic (exact) mass is 263 g/mol. The highest BCUT2D eigenvalue weighted by Gasteiger charge is 2.34. The van der Waals surface area contributed by atoms with Gasteiger partial charge in [0.15, 0.2) is 0 Å². The molecule has 1 atom stereocenters. The zero-order valence-electron chi connectivity index (χ0n) is 10.8. The van der Waals surface area contributed by atoms with Gasteiger partial charge >= 0.3 is 6.09 Å². The molecule has 0 aliphatic carbocycles. The Kier molecular flexibility index (Phi) is 4.33. The van der Waals surface area contributed by atoms with E-state index in [1.165, 1.54) is 12.0 Å². The highest BCUT2D eigenvalue weighted by molar-refractivity contribution is 5.86. The standard InChI is InChI=1S/C13H17N3O3/c1-19-13(18)16-7-3-5-11(16)12(17)15-9-10-4-2-6-14-8-10/h2,4,6,8,11H,3,5,7,9H2,1H3,(H,15,17). The van der Waals surface area contributed by atoms with E-state index in [4.69, 9.17) is 0 Å². The summed E-state index contributed by atoms with van der Waals surface area (Å²) in [5, 5.41) is 2.82. The van der Waals surface area contributed by atoms with E-state index >= 15 is 0 Å². The van der Waals surface area contributed by atoms with Crippen molar-refractivity contribution in [2.45, 2.75) is 25.4 Å². The minimum absolute atomic E-state index is 0.147. The molecule has 1 aromatic rings. The number of nitrogens with one attached hydrogen (secondary N) is 1. The molecule has 6 heteroatoms.